The van der Waals surface area contributed by atoms with Crippen LogP contribution in [0.3, 0.4) is 0 Å². The fourth-order valence-electron chi connectivity index (χ4n) is 2.39. The van der Waals surface area contributed by atoms with E-state index in [1.165, 1.54) is 28.7 Å². The summed E-state index contributed by atoms with van der Waals surface area (Å²) >= 11 is 2.86. The van der Waals surface area contributed by atoms with E-state index in [0.717, 1.165) is 20.5 Å². The van der Waals surface area contributed by atoms with Crippen molar-refractivity contribution < 1.29 is 9.59 Å². The number of carbonyl (C=O) groups is 2. The Labute approximate surface area is 154 Å². The van der Waals surface area contributed by atoms with Crippen LogP contribution in [0.25, 0.3) is 10.1 Å². The van der Waals surface area contributed by atoms with Crippen molar-refractivity contribution in [2.45, 2.75) is 18.7 Å². The van der Waals surface area contributed by atoms with Crippen molar-refractivity contribution in [3.63, 3.8) is 0 Å². The molecule has 2 aromatic carbocycles. The first kappa shape index (κ1) is 17.5. The van der Waals surface area contributed by atoms with Crippen LogP contribution in [0.4, 0.5) is 0 Å². The predicted octanol–water partition coefficient (Wildman–Crippen LogP) is 4.07. The molecule has 1 aromatic heterocycles. The second-order valence-electron chi connectivity index (χ2n) is 5.66. The molecule has 2 amide bonds. The molecule has 0 aliphatic heterocycles. The van der Waals surface area contributed by atoms with E-state index in [1.807, 2.05) is 62.4 Å². The first-order valence-corrected chi connectivity index (χ1v) is 9.61. The summed E-state index contributed by atoms with van der Waals surface area (Å²) in [6.45, 7) is 3.94. The van der Waals surface area contributed by atoms with Crippen molar-refractivity contribution in [3.8, 4) is 0 Å². The molecule has 2 N–H and O–H groups in total. The van der Waals surface area contributed by atoms with Crippen molar-refractivity contribution in [1.82, 2.24) is 10.9 Å². The van der Waals surface area contributed by atoms with Gasteiger partial charge in [-0.3, -0.25) is 20.4 Å². The van der Waals surface area contributed by atoms with Crippen molar-refractivity contribution in [2.24, 2.45) is 0 Å². The van der Waals surface area contributed by atoms with Crippen LogP contribution in [-0.4, -0.2) is 17.6 Å². The average Bonchev–Trinajstić information content (AvgIpc) is 2.96. The Balaban J connectivity index is 1.55. The smallest absolute Gasteiger partial charge is 0.272 e. The monoisotopic (exact) mass is 370 g/mol. The third-order valence-electron chi connectivity index (χ3n) is 3.76. The Kier molecular flexibility index (Phi) is 5.40. The lowest BCUT2D eigenvalue weighted by Gasteiger charge is -2.07. The Morgan fingerprint density at radius 3 is 2.44 bits per heavy atom. The van der Waals surface area contributed by atoms with Crippen molar-refractivity contribution in [1.29, 1.82) is 0 Å². The fraction of sp³-hybridized carbons (Fsp3) is 0.158. The lowest BCUT2D eigenvalue weighted by atomic mass is 10.1. The molecule has 0 bridgehead atoms. The van der Waals surface area contributed by atoms with E-state index in [0.29, 0.717) is 4.88 Å². The topological polar surface area (TPSA) is 58.2 Å². The highest BCUT2D eigenvalue weighted by Gasteiger charge is 2.15. The maximum atomic E-state index is 12.3. The molecule has 0 atom stereocenters. The lowest BCUT2D eigenvalue weighted by molar-refractivity contribution is -0.119. The quantitative estimate of drug-likeness (QED) is 0.538. The van der Waals surface area contributed by atoms with Crippen LogP contribution < -0.4 is 10.9 Å². The molecule has 0 radical (unpaired) electrons. The van der Waals surface area contributed by atoms with Gasteiger partial charge in [0.25, 0.3) is 5.91 Å². The van der Waals surface area contributed by atoms with E-state index in [9.17, 15) is 9.59 Å². The van der Waals surface area contributed by atoms with Gasteiger partial charge in [-0.05, 0) is 43.0 Å². The Bertz CT molecular complexity index is 917. The molecule has 0 saturated carbocycles. The summed E-state index contributed by atoms with van der Waals surface area (Å²) in [5.41, 5.74) is 7.10. The van der Waals surface area contributed by atoms with E-state index < -0.39 is 0 Å². The number of nitrogens with one attached hydrogen (secondary N) is 2. The van der Waals surface area contributed by atoms with Crippen LogP contribution >= 0.6 is 23.1 Å². The summed E-state index contributed by atoms with van der Waals surface area (Å²) in [7, 11) is 0. The number of thioether (sulfide) groups is 1. The number of carbonyl (C=O) groups excluding carboxylic acids is 2. The molecule has 128 valence electrons. The van der Waals surface area contributed by atoms with Crippen LogP contribution in [0.2, 0.25) is 0 Å². The number of amides is 2. The third kappa shape index (κ3) is 4.21. The van der Waals surface area contributed by atoms with Crippen LogP contribution in [0.1, 0.15) is 20.8 Å². The molecule has 6 heteroatoms. The summed E-state index contributed by atoms with van der Waals surface area (Å²) < 4.78 is 1.06. The zero-order valence-corrected chi connectivity index (χ0v) is 15.6. The van der Waals surface area contributed by atoms with Gasteiger partial charge in [0.2, 0.25) is 5.91 Å². The number of aryl methyl sites for hydroxylation is 2. The van der Waals surface area contributed by atoms with Gasteiger partial charge >= 0.3 is 0 Å². The van der Waals surface area contributed by atoms with Crippen LogP contribution in [0.15, 0.2) is 53.4 Å². The molecular weight excluding hydrogens is 352 g/mol. The van der Waals surface area contributed by atoms with Gasteiger partial charge in [-0.25, -0.2) is 0 Å². The molecule has 0 fully saturated rings. The second kappa shape index (κ2) is 7.72. The Hall–Kier alpha value is -2.31. The number of hydrogen-bond acceptors (Lipinski definition) is 4. The van der Waals surface area contributed by atoms with Gasteiger partial charge < -0.3 is 0 Å². The molecule has 1 heterocycles. The van der Waals surface area contributed by atoms with Gasteiger partial charge in [0, 0.05) is 9.60 Å². The van der Waals surface area contributed by atoms with Crippen LogP contribution in [0.5, 0.6) is 0 Å². The summed E-state index contributed by atoms with van der Waals surface area (Å²) in [4.78, 5) is 25.9. The van der Waals surface area contributed by atoms with Gasteiger partial charge in [-0.2, -0.15) is 0 Å². The number of fused-ring (bicyclic) bond motifs is 1. The first-order valence-electron chi connectivity index (χ1n) is 7.81. The second-order valence-corrected chi connectivity index (χ2v) is 7.76. The fourth-order valence-corrected chi connectivity index (χ4v) is 4.20. The molecule has 0 saturated heterocycles. The van der Waals surface area contributed by atoms with Crippen LogP contribution in [0, 0.1) is 13.8 Å². The zero-order valence-electron chi connectivity index (χ0n) is 14.0. The highest BCUT2D eigenvalue weighted by Crippen LogP contribution is 2.30. The molecule has 25 heavy (non-hydrogen) atoms. The lowest BCUT2D eigenvalue weighted by Crippen LogP contribution is -2.42. The number of hydrogen-bond donors (Lipinski definition) is 2. The summed E-state index contributed by atoms with van der Waals surface area (Å²) in [6.07, 6.45) is 0. The third-order valence-corrected chi connectivity index (χ3v) is 6.04. The number of hydrazine groups is 1. The highest BCUT2D eigenvalue weighted by molar-refractivity contribution is 8.00. The van der Waals surface area contributed by atoms with Crippen molar-refractivity contribution in [2.75, 3.05) is 5.75 Å². The van der Waals surface area contributed by atoms with E-state index in [2.05, 4.69) is 10.9 Å². The van der Waals surface area contributed by atoms with Crippen molar-refractivity contribution >= 4 is 45.0 Å². The molecule has 0 unspecified atom stereocenters. The predicted molar refractivity (Wildman–Crippen MR) is 104 cm³/mol. The average molecular weight is 370 g/mol. The Morgan fingerprint density at radius 2 is 1.72 bits per heavy atom. The number of benzene rings is 2. The highest BCUT2D eigenvalue weighted by atomic mass is 32.2. The number of rotatable bonds is 4. The molecule has 4 nitrogen and oxygen atoms in total. The van der Waals surface area contributed by atoms with Gasteiger partial charge in [0.15, 0.2) is 0 Å². The molecule has 0 spiro atoms. The standard InChI is InChI=1S/C19H18N2O2S2/c1-12-7-9-14(10-8-12)24-11-17(22)20-21-19(23)18-13(2)15-5-3-4-6-16(15)25-18/h3-10H,11H2,1-2H3,(H,20,22)(H,21,23). The minimum absolute atomic E-state index is 0.238. The maximum absolute atomic E-state index is 12.3. The maximum Gasteiger partial charge on any atom is 0.280 e. The minimum Gasteiger partial charge on any atom is -0.272 e. The van der Waals surface area contributed by atoms with Gasteiger partial charge in [-0.15, -0.1) is 23.1 Å². The molecule has 0 aliphatic carbocycles. The first-order chi connectivity index (χ1) is 12.0. The Morgan fingerprint density at radius 1 is 1.00 bits per heavy atom. The van der Waals surface area contributed by atoms with E-state index in [-0.39, 0.29) is 17.6 Å². The summed E-state index contributed by atoms with van der Waals surface area (Å²) in [5.74, 6) is -0.278. The summed E-state index contributed by atoms with van der Waals surface area (Å²) in [6, 6.07) is 15.9. The molecule has 3 rings (SSSR count). The SMILES string of the molecule is Cc1ccc(SCC(=O)NNC(=O)c2sc3ccccc3c2C)cc1. The zero-order chi connectivity index (χ0) is 17.8. The molecular formula is C19H18N2O2S2. The largest absolute Gasteiger partial charge is 0.280 e. The van der Waals surface area contributed by atoms with E-state index in [1.54, 1.807) is 0 Å². The van der Waals surface area contributed by atoms with Gasteiger partial charge in [0.1, 0.15) is 0 Å². The van der Waals surface area contributed by atoms with E-state index >= 15 is 0 Å². The number of thiophene rings is 1. The minimum atomic E-state index is -0.285. The van der Waals surface area contributed by atoms with Crippen molar-refractivity contribution in [3.05, 3.63) is 64.5 Å². The normalized spacial score (nSPS) is 10.6. The molecule has 0 aliphatic rings. The van der Waals surface area contributed by atoms with Gasteiger partial charge in [0.05, 0.1) is 10.6 Å². The molecule has 3 aromatic rings. The van der Waals surface area contributed by atoms with Crippen LogP contribution in [-0.2, 0) is 4.79 Å². The van der Waals surface area contributed by atoms with Gasteiger partial charge in [-0.1, -0.05) is 35.9 Å². The summed E-state index contributed by atoms with van der Waals surface area (Å²) in [5, 5.41) is 1.07. The van der Waals surface area contributed by atoms with E-state index in [4.69, 9.17) is 0 Å².